The first-order chi connectivity index (χ1) is 24.0. The van der Waals surface area contributed by atoms with Crippen molar-refractivity contribution in [3.05, 3.63) is 0 Å². The van der Waals surface area contributed by atoms with Crippen molar-refractivity contribution in [2.75, 3.05) is 12.3 Å². The lowest BCUT2D eigenvalue weighted by molar-refractivity contribution is -0.145. The summed E-state index contributed by atoms with van der Waals surface area (Å²) in [5.41, 5.74) is -2.30. The number of hydrogen-bond donors (Lipinski definition) is 4. The fourth-order valence-corrected chi connectivity index (χ4v) is 9.88. The predicted octanol–water partition coefficient (Wildman–Crippen LogP) is 3.53. The first-order valence-electron chi connectivity index (χ1n) is 19.5. The van der Waals surface area contributed by atoms with Crippen LogP contribution in [0, 0.1) is 17.3 Å². The topological polar surface area (TPSA) is 180 Å². The van der Waals surface area contributed by atoms with Crippen molar-refractivity contribution in [3.8, 4) is 0 Å². The second-order valence-corrected chi connectivity index (χ2v) is 21.8. The zero-order chi connectivity index (χ0) is 38.4. The van der Waals surface area contributed by atoms with Gasteiger partial charge in [-0.2, -0.15) is 0 Å². The molecule has 0 aromatic carbocycles. The number of likely N-dealkylation sites (tertiary alicyclic amines) is 1. The second-order valence-electron chi connectivity index (χ2n) is 19.0. The van der Waals surface area contributed by atoms with Gasteiger partial charge < -0.3 is 30.9 Å². The lowest BCUT2D eigenvalue weighted by Crippen LogP contribution is -2.64. The van der Waals surface area contributed by atoms with Crippen molar-refractivity contribution in [2.45, 2.75) is 179 Å². The van der Waals surface area contributed by atoms with Crippen LogP contribution < -0.4 is 21.3 Å². The molecule has 2 saturated heterocycles. The first kappa shape index (κ1) is 40.4. The van der Waals surface area contributed by atoms with Crippen molar-refractivity contribution in [2.24, 2.45) is 17.3 Å². The molecule has 0 aromatic rings. The molecule has 4 N–H and O–H groups in total. The number of hydrogen-bond acceptors (Lipinski definition) is 8. The lowest BCUT2D eigenvalue weighted by Gasteiger charge is -2.41. The number of carbonyl (C=O) groups is 5. The molecule has 5 amide bonds. The largest absolute Gasteiger partial charge is 0.370 e. The normalized spacial score (nSPS) is 27.1. The standard InChI is InChI=1S/C38H63N5O8S/c1-35(2,3)30(41-34(48)42-38(17-10-9-11-18-38)22-52(49,50)36(4,5)6)33(47)43-21-27-25(20-37(7,8)51-27)28(43)31(45)40-26(19-23-13-12-14-23)29(44)32(46)39-24-15-16-24/h23-28,30H,9-22H2,1-8H3,(H,39,46)(H,40,45)(H2,41,42,48)/t25-,26?,27-,28-,30+/m0/s1. The highest BCUT2D eigenvalue weighted by atomic mass is 32.2. The number of sulfone groups is 1. The maximum absolute atomic E-state index is 14.7. The third kappa shape index (κ3) is 9.30. The van der Waals surface area contributed by atoms with E-state index < -0.39 is 84.9 Å². The van der Waals surface area contributed by atoms with Gasteiger partial charge in [0.05, 0.1) is 33.8 Å². The zero-order valence-corrected chi connectivity index (χ0v) is 33.4. The molecule has 2 aliphatic heterocycles. The maximum Gasteiger partial charge on any atom is 0.315 e. The highest BCUT2D eigenvalue weighted by Gasteiger charge is 2.57. The Bertz CT molecular complexity index is 1500. The maximum atomic E-state index is 14.7. The SMILES string of the molecule is CC1(C)C[C@H]2[C@H](CN(C(=O)[C@@H](NC(=O)NC3(CS(=O)(=O)C(C)(C)C)CCCCC3)C(C)(C)C)[C@@H]2C(=O)NC(CC2CCC2)C(=O)C(=O)NC2CC2)O1. The molecule has 0 spiro atoms. The number of ketones is 1. The summed E-state index contributed by atoms with van der Waals surface area (Å²) in [7, 11) is -3.58. The Morgan fingerprint density at radius 1 is 0.885 bits per heavy atom. The van der Waals surface area contributed by atoms with Crippen LogP contribution in [0.1, 0.15) is 132 Å². The summed E-state index contributed by atoms with van der Waals surface area (Å²) in [6.45, 7) is 14.5. The van der Waals surface area contributed by atoms with E-state index in [1.807, 2.05) is 34.6 Å². The van der Waals surface area contributed by atoms with E-state index in [4.69, 9.17) is 4.74 Å². The fraction of sp³-hybridized carbons (Fsp3) is 0.868. The minimum atomic E-state index is -3.58. The molecule has 294 valence electrons. The molecule has 13 nitrogen and oxygen atoms in total. The molecule has 0 bridgehead atoms. The molecule has 5 fully saturated rings. The number of rotatable bonds is 12. The average Bonchev–Trinajstić information content (AvgIpc) is 3.67. The van der Waals surface area contributed by atoms with E-state index in [1.54, 1.807) is 20.8 Å². The predicted molar refractivity (Wildman–Crippen MR) is 197 cm³/mol. The second kappa shape index (κ2) is 14.8. The quantitative estimate of drug-likeness (QED) is 0.219. The van der Waals surface area contributed by atoms with Crippen LogP contribution in [0.5, 0.6) is 0 Å². The van der Waals surface area contributed by atoms with Crippen molar-refractivity contribution in [3.63, 3.8) is 0 Å². The summed E-state index contributed by atoms with van der Waals surface area (Å²) >= 11 is 0. The molecule has 2 heterocycles. The Morgan fingerprint density at radius 2 is 1.52 bits per heavy atom. The van der Waals surface area contributed by atoms with Crippen LogP contribution in [0.3, 0.4) is 0 Å². The summed E-state index contributed by atoms with van der Waals surface area (Å²) in [5, 5.41) is 11.6. The summed E-state index contributed by atoms with van der Waals surface area (Å²) in [4.78, 5) is 70.7. The minimum absolute atomic E-state index is 0.00649. The molecule has 3 aliphatic carbocycles. The van der Waals surface area contributed by atoms with Crippen LogP contribution in [0.4, 0.5) is 4.79 Å². The van der Waals surface area contributed by atoms with Gasteiger partial charge in [-0.15, -0.1) is 0 Å². The Morgan fingerprint density at radius 3 is 2.06 bits per heavy atom. The van der Waals surface area contributed by atoms with Crippen LogP contribution in [0.2, 0.25) is 0 Å². The van der Waals surface area contributed by atoms with E-state index in [0.29, 0.717) is 25.7 Å². The van der Waals surface area contributed by atoms with Gasteiger partial charge >= 0.3 is 6.03 Å². The first-order valence-corrected chi connectivity index (χ1v) is 21.1. The Balaban J connectivity index is 1.37. The molecule has 5 atom stereocenters. The molecular weight excluding hydrogens is 687 g/mol. The van der Waals surface area contributed by atoms with Gasteiger partial charge in [0.15, 0.2) is 9.84 Å². The van der Waals surface area contributed by atoms with Gasteiger partial charge in [0.2, 0.25) is 17.6 Å². The molecule has 52 heavy (non-hydrogen) atoms. The van der Waals surface area contributed by atoms with Crippen LogP contribution in [-0.2, 0) is 33.8 Å². The molecule has 0 aromatic heterocycles. The van der Waals surface area contributed by atoms with Gasteiger partial charge in [-0.25, -0.2) is 13.2 Å². The monoisotopic (exact) mass is 749 g/mol. The number of nitrogens with one attached hydrogen (secondary N) is 4. The summed E-state index contributed by atoms with van der Waals surface area (Å²) in [5.74, 6) is -2.67. The van der Waals surface area contributed by atoms with Gasteiger partial charge in [-0.1, -0.05) is 59.3 Å². The number of Topliss-reactive ketones (excluding diaryl/α,β-unsaturated/α-hetero) is 1. The van der Waals surface area contributed by atoms with Gasteiger partial charge in [0.25, 0.3) is 5.91 Å². The third-order valence-electron chi connectivity index (χ3n) is 11.9. The Labute approximate surface area is 310 Å². The molecule has 5 aliphatic rings. The number of nitrogens with zero attached hydrogens (tertiary/aromatic N) is 1. The van der Waals surface area contributed by atoms with Crippen LogP contribution >= 0.6 is 0 Å². The van der Waals surface area contributed by atoms with Crippen molar-refractivity contribution in [1.82, 2.24) is 26.2 Å². The lowest BCUT2D eigenvalue weighted by atomic mass is 9.80. The van der Waals surface area contributed by atoms with Crippen molar-refractivity contribution in [1.29, 1.82) is 0 Å². The van der Waals surface area contributed by atoms with Crippen LogP contribution in [0.15, 0.2) is 0 Å². The Hall–Kier alpha value is -2.74. The highest BCUT2D eigenvalue weighted by Crippen LogP contribution is 2.44. The smallest absolute Gasteiger partial charge is 0.315 e. The van der Waals surface area contributed by atoms with Crippen molar-refractivity contribution < 1.29 is 37.1 Å². The van der Waals surface area contributed by atoms with E-state index in [2.05, 4.69) is 21.3 Å². The van der Waals surface area contributed by atoms with E-state index in [9.17, 15) is 32.4 Å². The number of carbonyl (C=O) groups excluding carboxylic acids is 5. The molecule has 5 rings (SSSR count). The van der Waals surface area contributed by atoms with Gasteiger partial charge in [0.1, 0.15) is 12.1 Å². The fourth-order valence-electron chi connectivity index (χ4n) is 8.36. The summed E-state index contributed by atoms with van der Waals surface area (Å²) < 4.78 is 32.1. The van der Waals surface area contributed by atoms with E-state index in [-0.39, 0.29) is 30.2 Å². The molecule has 14 heteroatoms. The number of fused-ring (bicyclic) bond motifs is 1. The molecule has 3 saturated carbocycles. The molecule has 0 radical (unpaired) electrons. The highest BCUT2D eigenvalue weighted by molar-refractivity contribution is 7.92. The number of ether oxygens (including phenoxy) is 1. The number of urea groups is 1. The van der Waals surface area contributed by atoms with Gasteiger partial charge in [-0.05, 0) is 84.5 Å². The van der Waals surface area contributed by atoms with E-state index >= 15 is 0 Å². The zero-order valence-electron chi connectivity index (χ0n) is 32.6. The van der Waals surface area contributed by atoms with E-state index in [0.717, 1.165) is 51.4 Å². The minimum Gasteiger partial charge on any atom is -0.370 e. The number of amides is 5. The van der Waals surface area contributed by atoms with Crippen molar-refractivity contribution >= 4 is 39.4 Å². The van der Waals surface area contributed by atoms with Gasteiger partial charge in [0, 0.05) is 18.5 Å². The van der Waals surface area contributed by atoms with Crippen LogP contribution in [0.25, 0.3) is 0 Å². The molecular formula is C38H63N5O8S. The third-order valence-corrected chi connectivity index (χ3v) is 14.7. The van der Waals surface area contributed by atoms with Crippen LogP contribution in [-0.4, -0.2) is 101 Å². The summed E-state index contributed by atoms with van der Waals surface area (Å²) in [6, 6.07) is -3.72. The van der Waals surface area contributed by atoms with Gasteiger partial charge in [-0.3, -0.25) is 19.2 Å². The molecule has 1 unspecified atom stereocenters. The summed E-state index contributed by atoms with van der Waals surface area (Å²) in [6.07, 6.45) is 8.49. The van der Waals surface area contributed by atoms with E-state index in [1.165, 1.54) is 4.90 Å². The average molecular weight is 750 g/mol. The Kier molecular flexibility index (Phi) is 11.5.